The molecule has 88 valence electrons. The van der Waals surface area contributed by atoms with Crippen LogP contribution in [-0.4, -0.2) is 15.6 Å². The van der Waals surface area contributed by atoms with Crippen LogP contribution in [0.3, 0.4) is 0 Å². The van der Waals surface area contributed by atoms with Crippen molar-refractivity contribution in [2.75, 3.05) is 0 Å². The molecule has 0 aliphatic heterocycles. The quantitative estimate of drug-likeness (QED) is 0.783. The molecule has 0 spiro atoms. The number of Topliss-reactive ketones (excluding diaryl/α,β-unsaturated/α-hetero) is 1. The molecule has 0 saturated heterocycles. The highest BCUT2D eigenvalue weighted by Gasteiger charge is 2.16. The van der Waals surface area contributed by atoms with Crippen LogP contribution in [0, 0.1) is 6.92 Å². The van der Waals surface area contributed by atoms with Crippen LogP contribution in [0.4, 0.5) is 0 Å². The number of halogens is 1. The molecule has 0 atom stereocenters. The second-order valence-corrected chi connectivity index (χ2v) is 4.40. The number of hydrogen-bond donors (Lipinski definition) is 0. The molecule has 0 amide bonds. The first kappa shape index (κ1) is 11.9. The van der Waals surface area contributed by atoms with Crippen molar-refractivity contribution in [3.8, 4) is 0 Å². The van der Waals surface area contributed by atoms with Crippen LogP contribution < -0.4 is 0 Å². The largest absolute Gasteiger partial charge is 0.292 e. The zero-order valence-corrected chi connectivity index (χ0v) is 10.5. The molecular formula is C13H13ClN2O. The summed E-state index contributed by atoms with van der Waals surface area (Å²) < 4.78 is 1.52. The number of nitrogens with zero attached hydrogens (tertiary/aromatic N) is 2. The highest BCUT2D eigenvalue weighted by molar-refractivity contribution is 6.33. The third-order valence-electron chi connectivity index (χ3n) is 2.77. The van der Waals surface area contributed by atoms with Gasteiger partial charge in [-0.25, -0.2) is 0 Å². The molecule has 2 aromatic rings. The Bertz CT molecular complexity index is 541. The van der Waals surface area contributed by atoms with E-state index in [0.29, 0.717) is 17.1 Å². The zero-order chi connectivity index (χ0) is 12.4. The van der Waals surface area contributed by atoms with Crippen LogP contribution in [0.1, 0.15) is 21.6 Å². The maximum atomic E-state index is 12.1. The molecular weight excluding hydrogens is 236 g/mol. The average Bonchev–Trinajstić information content (AvgIpc) is 2.62. The van der Waals surface area contributed by atoms with Crippen LogP contribution in [0.5, 0.6) is 0 Å². The summed E-state index contributed by atoms with van der Waals surface area (Å²) in [7, 11) is 1.72. The number of ketones is 1. The minimum atomic E-state index is -0.00991. The van der Waals surface area contributed by atoms with Gasteiger partial charge in [0.1, 0.15) is 5.69 Å². The van der Waals surface area contributed by atoms with Crippen LogP contribution in [0.25, 0.3) is 0 Å². The molecule has 0 unspecified atom stereocenters. The van der Waals surface area contributed by atoms with Gasteiger partial charge < -0.3 is 0 Å². The molecule has 0 fully saturated rings. The first-order chi connectivity index (χ1) is 8.09. The lowest BCUT2D eigenvalue weighted by atomic mass is 10.0. The molecule has 3 nitrogen and oxygen atoms in total. The average molecular weight is 249 g/mol. The monoisotopic (exact) mass is 248 g/mol. The number of benzene rings is 1. The SMILES string of the molecule is Cc1ccccc1CC(=O)c1c(Cl)cnn1C. The summed E-state index contributed by atoms with van der Waals surface area (Å²) in [5, 5.41) is 4.37. The van der Waals surface area contributed by atoms with E-state index < -0.39 is 0 Å². The molecule has 0 radical (unpaired) electrons. The number of aryl methyl sites for hydroxylation is 2. The number of aromatic nitrogens is 2. The van der Waals surface area contributed by atoms with Gasteiger partial charge >= 0.3 is 0 Å². The van der Waals surface area contributed by atoms with Crippen LogP contribution in [0.2, 0.25) is 5.02 Å². The maximum Gasteiger partial charge on any atom is 0.186 e. The molecule has 4 heteroatoms. The fourth-order valence-corrected chi connectivity index (χ4v) is 2.06. The van der Waals surface area contributed by atoms with Gasteiger partial charge in [0.2, 0.25) is 0 Å². The van der Waals surface area contributed by atoms with E-state index in [-0.39, 0.29) is 5.78 Å². The van der Waals surface area contributed by atoms with E-state index in [0.717, 1.165) is 11.1 Å². The predicted molar refractivity (Wildman–Crippen MR) is 67.4 cm³/mol. The van der Waals surface area contributed by atoms with E-state index in [4.69, 9.17) is 11.6 Å². The van der Waals surface area contributed by atoms with Crippen LogP contribution in [0.15, 0.2) is 30.5 Å². The van der Waals surface area contributed by atoms with Crippen molar-refractivity contribution in [3.63, 3.8) is 0 Å². The van der Waals surface area contributed by atoms with Crippen molar-refractivity contribution in [1.29, 1.82) is 0 Å². The summed E-state index contributed by atoms with van der Waals surface area (Å²) in [6.07, 6.45) is 1.85. The van der Waals surface area contributed by atoms with Crippen molar-refractivity contribution < 1.29 is 4.79 Å². The molecule has 2 rings (SSSR count). The van der Waals surface area contributed by atoms with E-state index in [2.05, 4.69) is 5.10 Å². The number of carbonyl (C=O) groups is 1. The molecule has 0 saturated carbocycles. The van der Waals surface area contributed by atoms with Crippen molar-refractivity contribution in [3.05, 3.63) is 52.3 Å². The topological polar surface area (TPSA) is 34.9 Å². The van der Waals surface area contributed by atoms with Gasteiger partial charge in [0.05, 0.1) is 11.2 Å². The Balaban J connectivity index is 2.27. The Morgan fingerprint density at radius 2 is 2.12 bits per heavy atom. The second-order valence-electron chi connectivity index (χ2n) is 3.99. The van der Waals surface area contributed by atoms with Gasteiger partial charge in [0.25, 0.3) is 0 Å². The summed E-state index contributed by atoms with van der Waals surface area (Å²) in [6.45, 7) is 1.99. The first-order valence-corrected chi connectivity index (χ1v) is 5.72. The summed E-state index contributed by atoms with van der Waals surface area (Å²) in [4.78, 5) is 12.1. The number of hydrogen-bond acceptors (Lipinski definition) is 2. The van der Waals surface area contributed by atoms with E-state index in [1.165, 1.54) is 10.9 Å². The molecule has 0 N–H and O–H groups in total. The fraction of sp³-hybridized carbons (Fsp3) is 0.231. The van der Waals surface area contributed by atoms with E-state index in [1.54, 1.807) is 7.05 Å². The predicted octanol–water partition coefficient (Wildman–Crippen LogP) is 2.81. The van der Waals surface area contributed by atoms with Gasteiger partial charge in [0.15, 0.2) is 5.78 Å². The lowest BCUT2D eigenvalue weighted by Gasteiger charge is -2.05. The number of carbonyl (C=O) groups excluding carboxylic acids is 1. The third kappa shape index (κ3) is 2.39. The summed E-state index contributed by atoms with van der Waals surface area (Å²) in [6, 6.07) is 7.84. The van der Waals surface area contributed by atoms with Crippen molar-refractivity contribution in [1.82, 2.24) is 9.78 Å². The summed E-state index contributed by atoms with van der Waals surface area (Å²) in [5.74, 6) is -0.00991. The zero-order valence-electron chi connectivity index (χ0n) is 9.77. The van der Waals surface area contributed by atoms with E-state index >= 15 is 0 Å². The molecule has 17 heavy (non-hydrogen) atoms. The van der Waals surface area contributed by atoms with Gasteiger partial charge in [0, 0.05) is 13.5 Å². The molecule has 0 aliphatic rings. The summed E-state index contributed by atoms with van der Waals surface area (Å²) in [5.41, 5.74) is 2.60. The van der Waals surface area contributed by atoms with Gasteiger partial charge in [-0.1, -0.05) is 35.9 Å². The lowest BCUT2D eigenvalue weighted by molar-refractivity contribution is 0.0984. The van der Waals surface area contributed by atoms with E-state index in [1.807, 2.05) is 31.2 Å². The standard InChI is InChI=1S/C13H13ClN2O/c1-9-5-3-4-6-10(9)7-12(17)13-11(14)8-15-16(13)2/h3-6,8H,7H2,1-2H3. The highest BCUT2D eigenvalue weighted by Crippen LogP contribution is 2.17. The second kappa shape index (κ2) is 4.72. The molecule has 1 aromatic heterocycles. The Hall–Kier alpha value is -1.61. The van der Waals surface area contributed by atoms with Crippen molar-refractivity contribution in [2.45, 2.75) is 13.3 Å². The Morgan fingerprint density at radius 1 is 1.41 bits per heavy atom. The smallest absolute Gasteiger partial charge is 0.186 e. The normalized spacial score (nSPS) is 10.5. The van der Waals surface area contributed by atoms with Crippen LogP contribution >= 0.6 is 11.6 Å². The van der Waals surface area contributed by atoms with Gasteiger partial charge in [-0.2, -0.15) is 5.10 Å². The van der Waals surface area contributed by atoms with Crippen molar-refractivity contribution in [2.24, 2.45) is 7.05 Å². The third-order valence-corrected chi connectivity index (χ3v) is 3.05. The Kier molecular flexibility index (Phi) is 3.29. The number of rotatable bonds is 3. The molecule has 0 bridgehead atoms. The van der Waals surface area contributed by atoms with Crippen molar-refractivity contribution >= 4 is 17.4 Å². The molecule has 1 heterocycles. The highest BCUT2D eigenvalue weighted by atomic mass is 35.5. The maximum absolute atomic E-state index is 12.1. The van der Waals surface area contributed by atoms with E-state index in [9.17, 15) is 4.79 Å². The Morgan fingerprint density at radius 3 is 2.71 bits per heavy atom. The van der Waals surface area contributed by atoms with Gasteiger partial charge in [-0.15, -0.1) is 0 Å². The fourth-order valence-electron chi connectivity index (χ4n) is 1.79. The minimum Gasteiger partial charge on any atom is -0.292 e. The van der Waals surface area contributed by atoms with Crippen LogP contribution in [-0.2, 0) is 13.5 Å². The first-order valence-electron chi connectivity index (χ1n) is 5.35. The summed E-state index contributed by atoms with van der Waals surface area (Å²) >= 11 is 5.94. The van der Waals surface area contributed by atoms with Gasteiger partial charge in [-0.05, 0) is 18.1 Å². The minimum absolute atomic E-state index is 0.00991. The molecule has 1 aromatic carbocycles. The Labute approximate surface area is 105 Å². The lowest BCUT2D eigenvalue weighted by Crippen LogP contribution is -2.10. The molecule has 0 aliphatic carbocycles. The van der Waals surface area contributed by atoms with Gasteiger partial charge in [-0.3, -0.25) is 9.48 Å².